The summed E-state index contributed by atoms with van der Waals surface area (Å²) in [5.74, 6) is 0.150. The van der Waals surface area contributed by atoms with Gasteiger partial charge in [-0.3, -0.25) is 14.3 Å². The van der Waals surface area contributed by atoms with Crippen molar-refractivity contribution in [3.63, 3.8) is 0 Å². The molecule has 0 spiro atoms. The molecule has 0 saturated carbocycles. The molecular formula is C33H32N4O2. The summed E-state index contributed by atoms with van der Waals surface area (Å²) in [6.07, 6.45) is 0. The Labute approximate surface area is 228 Å². The predicted molar refractivity (Wildman–Crippen MR) is 156 cm³/mol. The van der Waals surface area contributed by atoms with E-state index in [0.29, 0.717) is 30.3 Å². The van der Waals surface area contributed by atoms with E-state index in [1.807, 2.05) is 115 Å². The molecule has 6 heteroatoms. The van der Waals surface area contributed by atoms with Crippen molar-refractivity contribution in [2.45, 2.75) is 32.9 Å². The number of benzene rings is 4. The van der Waals surface area contributed by atoms with Crippen LogP contribution in [0.5, 0.6) is 0 Å². The third kappa shape index (κ3) is 5.91. The molecule has 1 N–H and O–H groups in total. The summed E-state index contributed by atoms with van der Waals surface area (Å²) < 4.78 is 1.84. The summed E-state index contributed by atoms with van der Waals surface area (Å²) in [5.41, 5.74) is 5.92. The molecule has 1 aromatic heterocycles. The largest absolute Gasteiger partial charge is 0.337 e. The SMILES string of the molecule is CC(C)c1ccc(NC(=O)c2nn(Cc3ccc(C(=O)N(C)Cc4ccccc4)cc3)c3ccccc23)cc1. The highest BCUT2D eigenvalue weighted by molar-refractivity contribution is 6.11. The Kier molecular flexibility index (Phi) is 7.55. The van der Waals surface area contributed by atoms with Crippen LogP contribution in [0.1, 0.15) is 57.3 Å². The van der Waals surface area contributed by atoms with Crippen LogP contribution in [0.3, 0.4) is 0 Å². The van der Waals surface area contributed by atoms with Gasteiger partial charge >= 0.3 is 0 Å². The number of aromatic nitrogens is 2. The number of carbonyl (C=O) groups excluding carboxylic acids is 2. The molecule has 0 bridgehead atoms. The molecule has 6 nitrogen and oxygen atoms in total. The lowest BCUT2D eigenvalue weighted by molar-refractivity contribution is 0.0785. The lowest BCUT2D eigenvalue weighted by Gasteiger charge is -2.17. The Balaban J connectivity index is 1.31. The minimum Gasteiger partial charge on any atom is -0.337 e. The second-order valence-corrected chi connectivity index (χ2v) is 10.1. The van der Waals surface area contributed by atoms with E-state index in [9.17, 15) is 9.59 Å². The van der Waals surface area contributed by atoms with Crippen molar-refractivity contribution < 1.29 is 9.59 Å². The zero-order valence-electron chi connectivity index (χ0n) is 22.5. The number of nitrogens with one attached hydrogen (secondary N) is 1. The van der Waals surface area contributed by atoms with Gasteiger partial charge < -0.3 is 10.2 Å². The first-order valence-electron chi connectivity index (χ1n) is 13.1. The van der Waals surface area contributed by atoms with Crippen LogP contribution in [-0.4, -0.2) is 33.5 Å². The quantitative estimate of drug-likeness (QED) is 0.249. The first-order chi connectivity index (χ1) is 18.9. The molecule has 2 amide bonds. The van der Waals surface area contributed by atoms with Crippen LogP contribution in [0.15, 0.2) is 103 Å². The maximum Gasteiger partial charge on any atom is 0.276 e. The summed E-state index contributed by atoms with van der Waals surface area (Å²) in [7, 11) is 1.81. The van der Waals surface area contributed by atoms with Gasteiger partial charge in [0.25, 0.3) is 11.8 Å². The Morgan fingerprint density at radius 2 is 1.49 bits per heavy atom. The molecule has 0 atom stereocenters. The van der Waals surface area contributed by atoms with E-state index in [2.05, 4.69) is 24.3 Å². The lowest BCUT2D eigenvalue weighted by atomic mass is 10.0. The van der Waals surface area contributed by atoms with Crippen molar-refractivity contribution in [3.05, 3.63) is 131 Å². The van der Waals surface area contributed by atoms with Crippen LogP contribution < -0.4 is 5.32 Å². The summed E-state index contributed by atoms with van der Waals surface area (Å²) >= 11 is 0. The molecule has 0 saturated heterocycles. The fourth-order valence-corrected chi connectivity index (χ4v) is 4.63. The van der Waals surface area contributed by atoms with Crippen molar-refractivity contribution in [2.24, 2.45) is 0 Å². The van der Waals surface area contributed by atoms with Gasteiger partial charge in [0.15, 0.2) is 5.69 Å². The number of hydrogen-bond donors (Lipinski definition) is 1. The van der Waals surface area contributed by atoms with Crippen molar-refractivity contribution in [2.75, 3.05) is 12.4 Å². The van der Waals surface area contributed by atoms with Gasteiger partial charge in [-0.2, -0.15) is 5.10 Å². The first kappa shape index (κ1) is 25.9. The number of rotatable bonds is 8. The fraction of sp³-hybridized carbons (Fsp3) is 0.182. The predicted octanol–water partition coefficient (Wildman–Crippen LogP) is 6.73. The Hall–Kier alpha value is -4.71. The van der Waals surface area contributed by atoms with Crippen LogP contribution in [0, 0.1) is 0 Å². The number of nitrogens with zero attached hydrogens (tertiary/aromatic N) is 3. The van der Waals surface area contributed by atoms with Crippen LogP contribution in [0.25, 0.3) is 10.9 Å². The first-order valence-corrected chi connectivity index (χ1v) is 13.1. The van der Waals surface area contributed by atoms with E-state index >= 15 is 0 Å². The minimum atomic E-state index is -0.246. The Bertz CT molecular complexity index is 1590. The molecular weight excluding hydrogens is 484 g/mol. The van der Waals surface area contributed by atoms with Gasteiger partial charge in [-0.05, 0) is 52.9 Å². The highest BCUT2D eigenvalue weighted by atomic mass is 16.2. The molecule has 1 heterocycles. The van der Waals surface area contributed by atoms with E-state index in [0.717, 1.165) is 27.7 Å². The number of hydrogen-bond acceptors (Lipinski definition) is 3. The van der Waals surface area contributed by atoms with Crippen LogP contribution in [0.4, 0.5) is 5.69 Å². The van der Waals surface area contributed by atoms with Crippen LogP contribution >= 0.6 is 0 Å². The van der Waals surface area contributed by atoms with Gasteiger partial charge in [0, 0.05) is 30.2 Å². The zero-order chi connectivity index (χ0) is 27.4. The molecule has 0 aliphatic carbocycles. The summed E-state index contributed by atoms with van der Waals surface area (Å²) in [6.45, 7) is 5.31. The molecule has 39 heavy (non-hydrogen) atoms. The highest BCUT2D eigenvalue weighted by Crippen LogP contribution is 2.22. The second-order valence-electron chi connectivity index (χ2n) is 10.1. The smallest absolute Gasteiger partial charge is 0.276 e. The molecule has 5 rings (SSSR count). The fourth-order valence-electron chi connectivity index (χ4n) is 4.63. The molecule has 196 valence electrons. The minimum absolute atomic E-state index is 0.0321. The van der Waals surface area contributed by atoms with Crippen LogP contribution in [-0.2, 0) is 13.1 Å². The summed E-state index contributed by atoms with van der Waals surface area (Å²) in [5, 5.41) is 8.47. The molecule has 0 aliphatic rings. The number of carbonyl (C=O) groups is 2. The number of fused-ring (bicyclic) bond motifs is 1. The monoisotopic (exact) mass is 516 g/mol. The van der Waals surface area contributed by atoms with Gasteiger partial charge in [-0.15, -0.1) is 0 Å². The maximum atomic E-state index is 13.2. The molecule has 0 aliphatic heterocycles. The topological polar surface area (TPSA) is 67.2 Å². The van der Waals surface area contributed by atoms with Crippen molar-refractivity contribution in [3.8, 4) is 0 Å². The van der Waals surface area contributed by atoms with Gasteiger partial charge in [0.1, 0.15) is 0 Å². The average Bonchev–Trinajstić information content (AvgIpc) is 3.32. The number of amides is 2. The molecule has 0 fully saturated rings. The van der Waals surface area contributed by atoms with E-state index in [-0.39, 0.29) is 11.8 Å². The van der Waals surface area contributed by atoms with E-state index in [1.54, 1.807) is 4.90 Å². The summed E-state index contributed by atoms with van der Waals surface area (Å²) in [6, 6.07) is 33.2. The van der Waals surface area contributed by atoms with E-state index in [1.165, 1.54) is 5.56 Å². The van der Waals surface area contributed by atoms with Crippen molar-refractivity contribution >= 4 is 28.4 Å². The normalized spacial score (nSPS) is 11.1. The van der Waals surface area contributed by atoms with Gasteiger partial charge in [-0.25, -0.2) is 0 Å². The molecule has 5 aromatic rings. The van der Waals surface area contributed by atoms with Gasteiger partial charge in [0.05, 0.1) is 12.1 Å². The molecule has 0 unspecified atom stereocenters. The standard InChI is InChI=1S/C33H32N4O2/c1-23(2)26-17-19-28(20-18-26)34-32(38)31-29-11-7-8-12-30(29)37(35-31)22-25-13-15-27(16-14-25)33(39)36(3)21-24-9-5-4-6-10-24/h4-20,23H,21-22H2,1-3H3,(H,34,38). The molecule has 0 radical (unpaired) electrons. The van der Waals surface area contributed by atoms with E-state index < -0.39 is 0 Å². The van der Waals surface area contributed by atoms with Crippen molar-refractivity contribution in [1.29, 1.82) is 0 Å². The zero-order valence-corrected chi connectivity index (χ0v) is 22.5. The van der Waals surface area contributed by atoms with Gasteiger partial charge in [0.2, 0.25) is 0 Å². The highest BCUT2D eigenvalue weighted by Gasteiger charge is 2.18. The van der Waals surface area contributed by atoms with Crippen molar-refractivity contribution in [1.82, 2.24) is 14.7 Å². The third-order valence-corrected chi connectivity index (χ3v) is 6.85. The maximum absolute atomic E-state index is 13.2. The number of anilines is 1. The third-order valence-electron chi connectivity index (χ3n) is 6.85. The number of para-hydroxylation sites is 1. The molecule has 4 aromatic carbocycles. The lowest BCUT2D eigenvalue weighted by Crippen LogP contribution is -2.26. The van der Waals surface area contributed by atoms with E-state index in [4.69, 9.17) is 0 Å². The second kappa shape index (κ2) is 11.4. The Morgan fingerprint density at radius 3 is 2.18 bits per heavy atom. The summed E-state index contributed by atoms with van der Waals surface area (Å²) in [4.78, 5) is 27.9. The Morgan fingerprint density at radius 1 is 0.821 bits per heavy atom. The van der Waals surface area contributed by atoms with Gasteiger partial charge in [-0.1, -0.05) is 86.6 Å². The van der Waals surface area contributed by atoms with Crippen LogP contribution in [0.2, 0.25) is 0 Å². The average molecular weight is 517 g/mol.